The highest BCUT2D eigenvalue weighted by Crippen LogP contribution is 2.28. The minimum absolute atomic E-state index is 0.703. The second-order valence-corrected chi connectivity index (χ2v) is 5.17. The molecule has 0 aromatic heterocycles. The van der Waals surface area contributed by atoms with E-state index in [0.717, 1.165) is 5.92 Å². The predicted octanol–water partition coefficient (Wildman–Crippen LogP) is 3.66. The maximum atomic E-state index is 2.61. The average molecular weight is 217 g/mol. The molecule has 88 valence electrons. The van der Waals surface area contributed by atoms with Gasteiger partial charge in [0.15, 0.2) is 0 Å². The molecule has 0 saturated carbocycles. The van der Waals surface area contributed by atoms with Crippen molar-refractivity contribution < 1.29 is 0 Å². The Kier molecular flexibility index (Phi) is 4.00. The smallest absolute Gasteiger partial charge is 0.00385 e. The van der Waals surface area contributed by atoms with Crippen molar-refractivity contribution >= 4 is 0 Å². The zero-order valence-electron chi connectivity index (χ0n) is 10.5. The van der Waals surface area contributed by atoms with Gasteiger partial charge in [-0.25, -0.2) is 0 Å². The standard InChI is InChI=1S/C15H23N/c1-13(2)16-11-6-9-15(10-12-16)14-7-4-3-5-8-14/h3-5,7-8,13,15H,6,9-12H2,1-2H3. The largest absolute Gasteiger partial charge is 0.301 e. The Morgan fingerprint density at radius 2 is 1.81 bits per heavy atom. The maximum Gasteiger partial charge on any atom is 0.00385 e. The molecular formula is C15H23N. The third kappa shape index (κ3) is 2.85. The lowest BCUT2D eigenvalue weighted by Gasteiger charge is -2.24. The summed E-state index contributed by atoms with van der Waals surface area (Å²) in [5, 5.41) is 0. The monoisotopic (exact) mass is 217 g/mol. The van der Waals surface area contributed by atoms with Gasteiger partial charge in [0.2, 0.25) is 0 Å². The molecule has 1 heteroatoms. The van der Waals surface area contributed by atoms with Gasteiger partial charge in [-0.05, 0) is 57.7 Å². The molecule has 1 aliphatic rings. The Balaban J connectivity index is 1.99. The molecule has 1 heterocycles. The van der Waals surface area contributed by atoms with Crippen LogP contribution in [0.5, 0.6) is 0 Å². The minimum Gasteiger partial charge on any atom is -0.301 e. The lowest BCUT2D eigenvalue weighted by Crippen LogP contribution is -2.31. The summed E-state index contributed by atoms with van der Waals surface area (Å²) in [6, 6.07) is 11.7. The Hall–Kier alpha value is -0.820. The van der Waals surface area contributed by atoms with E-state index in [-0.39, 0.29) is 0 Å². The maximum absolute atomic E-state index is 2.61. The van der Waals surface area contributed by atoms with Crippen LogP contribution in [0.1, 0.15) is 44.6 Å². The molecule has 0 amide bonds. The number of nitrogens with zero attached hydrogens (tertiary/aromatic N) is 1. The van der Waals surface area contributed by atoms with Crippen LogP contribution in [0.25, 0.3) is 0 Å². The molecule has 1 aliphatic heterocycles. The Bertz CT molecular complexity index is 304. The molecule has 16 heavy (non-hydrogen) atoms. The fraction of sp³-hybridized carbons (Fsp3) is 0.600. The molecule has 0 N–H and O–H groups in total. The van der Waals surface area contributed by atoms with Gasteiger partial charge < -0.3 is 4.90 Å². The number of rotatable bonds is 2. The molecule has 1 aromatic rings. The van der Waals surface area contributed by atoms with Crippen LogP contribution in [0.2, 0.25) is 0 Å². The normalized spacial score (nSPS) is 23.3. The van der Waals surface area contributed by atoms with E-state index in [1.165, 1.54) is 37.9 Å². The molecule has 2 rings (SSSR count). The van der Waals surface area contributed by atoms with Crippen molar-refractivity contribution in [2.24, 2.45) is 0 Å². The molecule has 0 bridgehead atoms. The summed E-state index contributed by atoms with van der Waals surface area (Å²) in [6.45, 7) is 7.16. The number of hydrogen-bond acceptors (Lipinski definition) is 1. The van der Waals surface area contributed by atoms with Gasteiger partial charge in [0, 0.05) is 6.04 Å². The minimum atomic E-state index is 0.703. The van der Waals surface area contributed by atoms with E-state index in [1.54, 1.807) is 0 Å². The van der Waals surface area contributed by atoms with E-state index < -0.39 is 0 Å². The van der Waals surface area contributed by atoms with E-state index in [2.05, 4.69) is 49.1 Å². The molecule has 1 fully saturated rings. The lowest BCUT2D eigenvalue weighted by atomic mass is 9.92. The Labute approximate surface area is 99.5 Å². The SMILES string of the molecule is CC(C)N1CCCC(c2ccccc2)CC1. The topological polar surface area (TPSA) is 3.24 Å². The van der Waals surface area contributed by atoms with Crippen LogP contribution in [-0.2, 0) is 0 Å². The highest BCUT2D eigenvalue weighted by atomic mass is 15.1. The van der Waals surface area contributed by atoms with Crippen LogP contribution in [-0.4, -0.2) is 24.0 Å². The lowest BCUT2D eigenvalue weighted by molar-refractivity contribution is 0.230. The summed E-state index contributed by atoms with van der Waals surface area (Å²) in [6.07, 6.45) is 4.02. The highest BCUT2D eigenvalue weighted by molar-refractivity contribution is 5.19. The van der Waals surface area contributed by atoms with E-state index in [4.69, 9.17) is 0 Å². The van der Waals surface area contributed by atoms with E-state index in [1.807, 2.05) is 0 Å². The van der Waals surface area contributed by atoms with Gasteiger partial charge in [-0.2, -0.15) is 0 Å². The van der Waals surface area contributed by atoms with Crippen molar-refractivity contribution in [2.75, 3.05) is 13.1 Å². The summed E-state index contributed by atoms with van der Waals surface area (Å²) < 4.78 is 0. The predicted molar refractivity (Wildman–Crippen MR) is 69.7 cm³/mol. The van der Waals surface area contributed by atoms with Crippen LogP contribution >= 0.6 is 0 Å². The zero-order chi connectivity index (χ0) is 11.4. The van der Waals surface area contributed by atoms with Gasteiger partial charge in [-0.3, -0.25) is 0 Å². The van der Waals surface area contributed by atoms with Gasteiger partial charge in [0.05, 0.1) is 0 Å². The molecule has 1 nitrogen and oxygen atoms in total. The summed E-state index contributed by atoms with van der Waals surface area (Å²) in [5.74, 6) is 0.782. The van der Waals surface area contributed by atoms with Crippen LogP contribution in [0.3, 0.4) is 0 Å². The van der Waals surface area contributed by atoms with E-state index in [9.17, 15) is 0 Å². The van der Waals surface area contributed by atoms with Gasteiger partial charge in [0.25, 0.3) is 0 Å². The van der Waals surface area contributed by atoms with Crippen molar-refractivity contribution in [2.45, 2.75) is 45.1 Å². The molecule has 1 unspecified atom stereocenters. The molecular weight excluding hydrogens is 194 g/mol. The van der Waals surface area contributed by atoms with E-state index in [0.29, 0.717) is 6.04 Å². The Morgan fingerprint density at radius 1 is 1.06 bits per heavy atom. The van der Waals surface area contributed by atoms with Crippen molar-refractivity contribution in [3.05, 3.63) is 35.9 Å². The number of benzene rings is 1. The van der Waals surface area contributed by atoms with Crippen molar-refractivity contribution in [3.63, 3.8) is 0 Å². The average Bonchev–Trinajstić information content (AvgIpc) is 2.55. The van der Waals surface area contributed by atoms with Crippen LogP contribution < -0.4 is 0 Å². The van der Waals surface area contributed by atoms with Crippen molar-refractivity contribution in [3.8, 4) is 0 Å². The van der Waals surface area contributed by atoms with Gasteiger partial charge >= 0.3 is 0 Å². The molecule has 1 aromatic carbocycles. The first-order valence-corrected chi connectivity index (χ1v) is 6.56. The molecule has 1 saturated heterocycles. The van der Waals surface area contributed by atoms with Crippen LogP contribution in [0.4, 0.5) is 0 Å². The summed E-state index contributed by atoms with van der Waals surface area (Å²) in [5.41, 5.74) is 1.54. The van der Waals surface area contributed by atoms with Crippen molar-refractivity contribution in [1.82, 2.24) is 4.90 Å². The second kappa shape index (κ2) is 5.49. The first-order valence-electron chi connectivity index (χ1n) is 6.56. The second-order valence-electron chi connectivity index (χ2n) is 5.17. The van der Waals surface area contributed by atoms with Crippen LogP contribution in [0, 0.1) is 0 Å². The van der Waals surface area contributed by atoms with Gasteiger partial charge in [-0.15, -0.1) is 0 Å². The number of hydrogen-bond donors (Lipinski definition) is 0. The quantitative estimate of drug-likeness (QED) is 0.730. The third-order valence-electron chi connectivity index (χ3n) is 3.76. The molecule has 0 aliphatic carbocycles. The Morgan fingerprint density at radius 3 is 2.50 bits per heavy atom. The fourth-order valence-corrected chi connectivity index (χ4v) is 2.69. The van der Waals surface area contributed by atoms with E-state index >= 15 is 0 Å². The molecule has 0 spiro atoms. The summed E-state index contributed by atoms with van der Waals surface area (Å²) in [7, 11) is 0. The fourth-order valence-electron chi connectivity index (χ4n) is 2.69. The first kappa shape index (κ1) is 11.7. The summed E-state index contributed by atoms with van der Waals surface area (Å²) >= 11 is 0. The first-order chi connectivity index (χ1) is 7.77. The molecule has 1 atom stereocenters. The van der Waals surface area contributed by atoms with Gasteiger partial charge in [-0.1, -0.05) is 30.3 Å². The van der Waals surface area contributed by atoms with Gasteiger partial charge in [0.1, 0.15) is 0 Å². The van der Waals surface area contributed by atoms with Crippen LogP contribution in [0.15, 0.2) is 30.3 Å². The highest BCUT2D eigenvalue weighted by Gasteiger charge is 2.19. The number of likely N-dealkylation sites (tertiary alicyclic amines) is 1. The zero-order valence-corrected chi connectivity index (χ0v) is 10.5. The third-order valence-corrected chi connectivity index (χ3v) is 3.76. The molecule has 0 radical (unpaired) electrons. The van der Waals surface area contributed by atoms with Crippen molar-refractivity contribution in [1.29, 1.82) is 0 Å². The summed E-state index contributed by atoms with van der Waals surface area (Å²) in [4.78, 5) is 2.61.